The van der Waals surface area contributed by atoms with Gasteiger partial charge in [0, 0.05) is 6.20 Å². The molecule has 0 saturated heterocycles. The molecule has 1 aliphatic rings. The highest BCUT2D eigenvalue weighted by atomic mass is 16.4. The van der Waals surface area contributed by atoms with Gasteiger partial charge in [-0.1, -0.05) is 25.7 Å². The van der Waals surface area contributed by atoms with Gasteiger partial charge in [0.05, 0.1) is 11.8 Å². The molecule has 1 aliphatic carbocycles. The van der Waals surface area contributed by atoms with Crippen LogP contribution < -0.4 is 5.32 Å². The predicted octanol–water partition coefficient (Wildman–Crippen LogP) is 1.69. The molecule has 0 aromatic carbocycles. The van der Waals surface area contributed by atoms with Gasteiger partial charge in [0.1, 0.15) is 11.3 Å². The van der Waals surface area contributed by atoms with E-state index in [4.69, 9.17) is 0 Å². The van der Waals surface area contributed by atoms with Gasteiger partial charge in [0.25, 0.3) is 5.91 Å². The number of hydrogen-bond donors (Lipinski definition) is 3. The summed E-state index contributed by atoms with van der Waals surface area (Å²) in [6.07, 6.45) is 6.92. The molecule has 0 unspecified atom stereocenters. The van der Waals surface area contributed by atoms with Gasteiger partial charge >= 0.3 is 5.97 Å². The standard InChI is InChI=1S/C14H18N2O4/c17-11-7-10(8-15-9-11)12(18)16-14(13(19)20)5-3-1-2-4-6-14/h7-9,17H,1-6H2,(H,16,18)(H,19,20). The quantitative estimate of drug-likeness (QED) is 0.731. The first-order valence-corrected chi connectivity index (χ1v) is 6.73. The van der Waals surface area contributed by atoms with Gasteiger partial charge < -0.3 is 15.5 Å². The van der Waals surface area contributed by atoms with Crippen LogP contribution in [-0.2, 0) is 4.79 Å². The number of pyridine rings is 1. The number of nitrogens with zero attached hydrogens (tertiary/aromatic N) is 1. The third-order valence-electron chi connectivity index (χ3n) is 3.71. The van der Waals surface area contributed by atoms with Crippen LogP contribution in [0.4, 0.5) is 0 Å². The average Bonchev–Trinajstić information content (AvgIpc) is 2.65. The Labute approximate surface area is 116 Å². The second kappa shape index (κ2) is 5.90. The van der Waals surface area contributed by atoms with Crippen molar-refractivity contribution in [3.8, 4) is 5.75 Å². The fourth-order valence-electron chi connectivity index (χ4n) is 2.57. The second-order valence-corrected chi connectivity index (χ2v) is 5.19. The van der Waals surface area contributed by atoms with Crippen LogP contribution in [0.1, 0.15) is 48.9 Å². The highest BCUT2D eigenvalue weighted by Gasteiger charge is 2.40. The van der Waals surface area contributed by atoms with Crippen molar-refractivity contribution in [2.24, 2.45) is 0 Å². The molecule has 1 aromatic heterocycles. The Morgan fingerprint density at radius 1 is 1.15 bits per heavy atom. The minimum atomic E-state index is -1.21. The van der Waals surface area contributed by atoms with Crippen molar-refractivity contribution >= 4 is 11.9 Å². The highest BCUT2D eigenvalue weighted by Crippen LogP contribution is 2.28. The van der Waals surface area contributed by atoms with E-state index in [2.05, 4.69) is 10.3 Å². The first-order valence-electron chi connectivity index (χ1n) is 6.73. The van der Waals surface area contributed by atoms with Crippen molar-refractivity contribution in [3.05, 3.63) is 24.0 Å². The van der Waals surface area contributed by atoms with Crippen molar-refractivity contribution in [2.45, 2.75) is 44.1 Å². The third-order valence-corrected chi connectivity index (χ3v) is 3.71. The molecule has 108 valence electrons. The van der Waals surface area contributed by atoms with Crippen molar-refractivity contribution in [3.63, 3.8) is 0 Å². The molecule has 1 aromatic rings. The maximum atomic E-state index is 12.2. The molecule has 1 amide bonds. The number of carboxylic acids is 1. The summed E-state index contributed by atoms with van der Waals surface area (Å²) in [5.74, 6) is -1.64. The van der Waals surface area contributed by atoms with E-state index in [1.54, 1.807) is 0 Å². The average molecular weight is 278 g/mol. The van der Waals surface area contributed by atoms with Crippen molar-refractivity contribution in [2.75, 3.05) is 0 Å². The van der Waals surface area contributed by atoms with E-state index >= 15 is 0 Å². The topological polar surface area (TPSA) is 99.5 Å². The fourth-order valence-corrected chi connectivity index (χ4v) is 2.57. The third kappa shape index (κ3) is 3.07. The minimum Gasteiger partial charge on any atom is -0.506 e. The second-order valence-electron chi connectivity index (χ2n) is 5.19. The molecule has 0 spiro atoms. The molecular formula is C14H18N2O4. The number of carbonyl (C=O) groups is 2. The predicted molar refractivity (Wildman–Crippen MR) is 71.4 cm³/mol. The molecule has 6 nitrogen and oxygen atoms in total. The van der Waals surface area contributed by atoms with Crippen LogP contribution in [0, 0.1) is 0 Å². The van der Waals surface area contributed by atoms with E-state index < -0.39 is 17.4 Å². The molecule has 0 atom stereocenters. The van der Waals surface area contributed by atoms with E-state index in [1.807, 2.05) is 0 Å². The Balaban J connectivity index is 2.19. The number of rotatable bonds is 3. The number of aliphatic carboxylic acids is 1. The Bertz CT molecular complexity index is 508. The number of hydrogen-bond acceptors (Lipinski definition) is 4. The van der Waals surface area contributed by atoms with Crippen molar-refractivity contribution in [1.82, 2.24) is 10.3 Å². The van der Waals surface area contributed by atoms with E-state index in [-0.39, 0.29) is 11.3 Å². The van der Waals surface area contributed by atoms with E-state index in [0.717, 1.165) is 25.7 Å². The summed E-state index contributed by atoms with van der Waals surface area (Å²) in [6.45, 7) is 0. The Morgan fingerprint density at radius 3 is 2.35 bits per heavy atom. The van der Waals surface area contributed by atoms with Gasteiger partial charge in [-0.05, 0) is 18.9 Å². The number of aromatic nitrogens is 1. The maximum absolute atomic E-state index is 12.2. The molecule has 0 radical (unpaired) electrons. The van der Waals surface area contributed by atoms with Crippen LogP contribution in [0.5, 0.6) is 5.75 Å². The van der Waals surface area contributed by atoms with Gasteiger partial charge in [-0.15, -0.1) is 0 Å². The zero-order chi connectivity index (χ0) is 14.6. The lowest BCUT2D eigenvalue weighted by Crippen LogP contribution is -2.54. The monoisotopic (exact) mass is 278 g/mol. The normalized spacial score (nSPS) is 18.0. The minimum absolute atomic E-state index is 0.122. The van der Waals surface area contributed by atoms with Crippen LogP contribution in [0.25, 0.3) is 0 Å². The molecule has 1 heterocycles. The number of carboxylic acid groups (broad SMARTS) is 1. The summed E-state index contributed by atoms with van der Waals surface area (Å²) in [5, 5.41) is 21.4. The van der Waals surface area contributed by atoms with Crippen LogP contribution >= 0.6 is 0 Å². The van der Waals surface area contributed by atoms with Crippen LogP contribution in [0.2, 0.25) is 0 Å². The lowest BCUT2D eigenvalue weighted by molar-refractivity contribution is -0.145. The lowest BCUT2D eigenvalue weighted by atomic mass is 9.90. The maximum Gasteiger partial charge on any atom is 0.329 e. The molecule has 3 N–H and O–H groups in total. The van der Waals surface area contributed by atoms with Crippen LogP contribution in [-0.4, -0.2) is 32.6 Å². The zero-order valence-electron chi connectivity index (χ0n) is 11.1. The molecule has 6 heteroatoms. The van der Waals surface area contributed by atoms with Gasteiger partial charge in [-0.25, -0.2) is 4.79 Å². The Hall–Kier alpha value is -2.11. The first-order chi connectivity index (χ1) is 9.53. The van der Waals surface area contributed by atoms with Gasteiger partial charge in [0.15, 0.2) is 0 Å². The fraction of sp³-hybridized carbons (Fsp3) is 0.500. The molecule has 20 heavy (non-hydrogen) atoms. The largest absolute Gasteiger partial charge is 0.506 e. The summed E-state index contributed by atoms with van der Waals surface area (Å²) < 4.78 is 0. The molecule has 2 rings (SSSR count). The first kappa shape index (κ1) is 14.3. The summed E-state index contributed by atoms with van der Waals surface area (Å²) in [5.41, 5.74) is -1.05. The number of amides is 1. The van der Waals surface area contributed by atoms with Crippen molar-refractivity contribution in [1.29, 1.82) is 0 Å². The number of aromatic hydroxyl groups is 1. The van der Waals surface area contributed by atoms with E-state index in [9.17, 15) is 19.8 Å². The summed E-state index contributed by atoms with van der Waals surface area (Å²) >= 11 is 0. The summed E-state index contributed by atoms with van der Waals surface area (Å²) in [6, 6.07) is 1.27. The van der Waals surface area contributed by atoms with Gasteiger partial charge in [-0.3, -0.25) is 9.78 Å². The van der Waals surface area contributed by atoms with E-state index in [1.165, 1.54) is 18.5 Å². The number of carbonyl (C=O) groups excluding carboxylic acids is 1. The Morgan fingerprint density at radius 2 is 1.80 bits per heavy atom. The summed E-state index contributed by atoms with van der Waals surface area (Å²) in [4.78, 5) is 27.5. The zero-order valence-corrected chi connectivity index (χ0v) is 11.1. The molecule has 1 saturated carbocycles. The van der Waals surface area contributed by atoms with Crippen molar-refractivity contribution < 1.29 is 19.8 Å². The Kier molecular flexibility index (Phi) is 4.22. The molecule has 0 bridgehead atoms. The van der Waals surface area contributed by atoms with Gasteiger partial charge in [0.2, 0.25) is 0 Å². The van der Waals surface area contributed by atoms with Crippen LogP contribution in [0.3, 0.4) is 0 Å². The summed E-state index contributed by atoms with van der Waals surface area (Å²) in [7, 11) is 0. The van der Waals surface area contributed by atoms with E-state index in [0.29, 0.717) is 12.8 Å². The van der Waals surface area contributed by atoms with Crippen LogP contribution in [0.15, 0.2) is 18.5 Å². The highest BCUT2D eigenvalue weighted by molar-refractivity contribution is 5.97. The molecule has 0 aliphatic heterocycles. The van der Waals surface area contributed by atoms with Gasteiger partial charge in [-0.2, -0.15) is 0 Å². The smallest absolute Gasteiger partial charge is 0.329 e. The lowest BCUT2D eigenvalue weighted by Gasteiger charge is -2.29. The SMILES string of the molecule is O=C(NC1(C(=O)O)CCCCCC1)c1cncc(O)c1. The number of nitrogens with one attached hydrogen (secondary N) is 1. The molecule has 1 fully saturated rings. The molecular weight excluding hydrogens is 260 g/mol.